The molecular formula is C28H43F3O. The molecule has 2 saturated carbocycles. The van der Waals surface area contributed by atoms with Gasteiger partial charge in [-0.3, -0.25) is 0 Å². The number of unbranched alkanes of at least 4 members (excludes halogenated alkanes) is 4. The molecule has 0 saturated heterocycles. The van der Waals surface area contributed by atoms with E-state index in [1.807, 2.05) is 0 Å². The Kier molecular flexibility index (Phi) is 10.2. The maximum Gasteiger partial charge on any atom is 0.573 e. The second-order valence-corrected chi connectivity index (χ2v) is 10.5. The minimum Gasteiger partial charge on any atom is -0.406 e. The van der Waals surface area contributed by atoms with Gasteiger partial charge in [-0.05, 0) is 79.9 Å². The molecule has 0 amide bonds. The van der Waals surface area contributed by atoms with Gasteiger partial charge in [-0.15, -0.1) is 13.2 Å². The zero-order chi connectivity index (χ0) is 22.8. The van der Waals surface area contributed by atoms with Crippen molar-refractivity contribution in [3.05, 3.63) is 29.8 Å². The van der Waals surface area contributed by atoms with Crippen molar-refractivity contribution >= 4 is 0 Å². The first-order chi connectivity index (χ1) is 15.4. The van der Waals surface area contributed by atoms with Gasteiger partial charge < -0.3 is 4.74 Å². The van der Waals surface area contributed by atoms with E-state index in [2.05, 4.69) is 11.7 Å². The third-order valence-corrected chi connectivity index (χ3v) is 8.16. The molecule has 182 valence electrons. The molecule has 32 heavy (non-hydrogen) atoms. The average molecular weight is 453 g/mol. The molecule has 3 rings (SSSR count). The third-order valence-electron chi connectivity index (χ3n) is 8.16. The van der Waals surface area contributed by atoms with Crippen molar-refractivity contribution in [1.29, 1.82) is 0 Å². The van der Waals surface area contributed by atoms with Crippen LogP contribution < -0.4 is 4.74 Å². The number of benzene rings is 1. The fourth-order valence-electron chi connectivity index (χ4n) is 6.16. The van der Waals surface area contributed by atoms with Crippen LogP contribution in [-0.2, 0) is 6.42 Å². The quantitative estimate of drug-likeness (QED) is 0.304. The Hall–Kier alpha value is -1.19. The van der Waals surface area contributed by atoms with Crippen molar-refractivity contribution in [2.45, 2.75) is 116 Å². The highest BCUT2D eigenvalue weighted by Gasteiger charge is 2.32. The third kappa shape index (κ3) is 8.98. The highest BCUT2D eigenvalue weighted by atomic mass is 19.4. The van der Waals surface area contributed by atoms with Gasteiger partial charge in [-0.2, -0.15) is 0 Å². The normalized spacial score (nSPS) is 26.8. The lowest BCUT2D eigenvalue weighted by Crippen LogP contribution is -2.26. The van der Waals surface area contributed by atoms with Gasteiger partial charge in [0.15, 0.2) is 0 Å². The van der Waals surface area contributed by atoms with E-state index in [0.29, 0.717) is 0 Å². The number of hydrogen-bond donors (Lipinski definition) is 0. The number of halogens is 3. The van der Waals surface area contributed by atoms with Crippen molar-refractivity contribution in [3.8, 4) is 5.75 Å². The van der Waals surface area contributed by atoms with Crippen molar-refractivity contribution in [2.75, 3.05) is 0 Å². The van der Waals surface area contributed by atoms with Crippen LogP contribution in [0.1, 0.15) is 109 Å². The molecule has 4 heteroatoms. The second kappa shape index (κ2) is 12.9. The summed E-state index contributed by atoms with van der Waals surface area (Å²) in [7, 11) is 0. The molecule has 0 bridgehead atoms. The van der Waals surface area contributed by atoms with E-state index >= 15 is 0 Å². The molecule has 1 aromatic rings. The molecule has 2 fully saturated rings. The Labute approximate surface area is 193 Å². The van der Waals surface area contributed by atoms with Crippen LogP contribution in [0.2, 0.25) is 0 Å². The summed E-state index contributed by atoms with van der Waals surface area (Å²) < 4.78 is 40.8. The molecule has 0 spiro atoms. The van der Waals surface area contributed by atoms with E-state index < -0.39 is 6.36 Å². The number of alkyl halides is 3. The van der Waals surface area contributed by atoms with Gasteiger partial charge in [0.05, 0.1) is 0 Å². The summed E-state index contributed by atoms with van der Waals surface area (Å²) in [5.74, 6) is 3.55. The molecule has 0 N–H and O–H groups in total. The molecule has 0 heterocycles. The molecule has 2 aliphatic carbocycles. The minimum atomic E-state index is -4.62. The van der Waals surface area contributed by atoms with Crippen LogP contribution in [0, 0.1) is 23.7 Å². The van der Waals surface area contributed by atoms with E-state index in [9.17, 15) is 13.2 Å². The smallest absolute Gasteiger partial charge is 0.406 e. The summed E-state index contributed by atoms with van der Waals surface area (Å²) in [5.41, 5.74) is 1.11. The molecule has 0 radical (unpaired) electrons. The highest BCUT2D eigenvalue weighted by molar-refractivity contribution is 5.27. The van der Waals surface area contributed by atoms with Gasteiger partial charge in [-0.25, -0.2) is 0 Å². The van der Waals surface area contributed by atoms with Crippen molar-refractivity contribution in [1.82, 2.24) is 0 Å². The van der Waals surface area contributed by atoms with Crippen molar-refractivity contribution in [2.24, 2.45) is 23.7 Å². The Morgan fingerprint density at radius 2 is 1.25 bits per heavy atom. The second-order valence-electron chi connectivity index (χ2n) is 10.5. The molecule has 1 nitrogen and oxygen atoms in total. The van der Waals surface area contributed by atoms with E-state index in [1.165, 1.54) is 102 Å². The Balaban J connectivity index is 1.29. The molecule has 0 unspecified atom stereocenters. The van der Waals surface area contributed by atoms with Crippen LogP contribution in [-0.4, -0.2) is 6.36 Å². The van der Waals surface area contributed by atoms with Crippen LogP contribution in [0.15, 0.2) is 24.3 Å². The van der Waals surface area contributed by atoms with Gasteiger partial charge in [-0.1, -0.05) is 83.3 Å². The summed E-state index contributed by atoms with van der Waals surface area (Å²) in [5, 5.41) is 0. The molecule has 1 aromatic carbocycles. The Bertz CT molecular complexity index is 623. The lowest BCUT2D eigenvalue weighted by atomic mass is 9.68. The summed E-state index contributed by atoms with van der Waals surface area (Å²) in [6.07, 6.45) is 17.3. The minimum absolute atomic E-state index is 0.132. The lowest BCUT2D eigenvalue weighted by molar-refractivity contribution is -0.274. The number of aryl methyl sites for hydroxylation is 1. The van der Waals surface area contributed by atoms with Crippen LogP contribution in [0.4, 0.5) is 13.2 Å². The van der Waals surface area contributed by atoms with Crippen molar-refractivity contribution < 1.29 is 17.9 Å². The molecule has 0 aromatic heterocycles. The first-order valence-corrected chi connectivity index (χ1v) is 13.3. The zero-order valence-corrected chi connectivity index (χ0v) is 20.0. The van der Waals surface area contributed by atoms with E-state index in [4.69, 9.17) is 0 Å². The number of hydrogen-bond acceptors (Lipinski definition) is 1. The van der Waals surface area contributed by atoms with Crippen molar-refractivity contribution in [3.63, 3.8) is 0 Å². The van der Waals surface area contributed by atoms with Gasteiger partial charge in [0.1, 0.15) is 5.75 Å². The average Bonchev–Trinajstić information content (AvgIpc) is 2.78. The molecule has 0 aliphatic heterocycles. The predicted octanol–water partition coefficient (Wildman–Crippen LogP) is 9.49. The molecular weight excluding hydrogens is 409 g/mol. The molecule has 2 aliphatic rings. The van der Waals surface area contributed by atoms with Crippen LogP contribution in [0.5, 0.6) is 5.75 Å². The van der Waals surface area contributed by atoms with E-state index in [-0.39, 0.29) is 5.75 Å². The maximum atomic E-state index is 12.3. The SMILES string of the molecule is CCCCCCC[C@H]1CC[C@H]([C@H]2CC[C@H](CCc3ccc(OC(F)(F)F)cc3)CC2)CC1. The zero-order valence-electron chi connectivity index (χ0n) is 20.0. The fraction of sp³-hybridized carbons (Fsp3) is 0.786. The maximum absolute atomic E-state index is 12.3. The fourth-order valence-corrected chi connectivity index (χ4v) is 6.16. The predicted molar refractivity (Wildman–Crippen MR) is 126 cm³/mol. The summed E-state index contributed by atoms with van der Waals surface area (Å²) in [4.78, 5) is 0. The standard InChI is InChI=1S/C28H43F3O/c1-2-3-4-5-6-7-22-10-16-25(17-11-22)26-18-12-23(13-19-26)8-9-24-14-20-27(21-15-24)32-28(29,30)31/h14-15,20-23,25-26H,2-13,16-19H2,1H3/t22-,23-,25-,26-. The first-order valence-electron chi connectivity index (χ1n) is 13.3. The van der Waals surface area contributed by atoms with E-state index in [1.54, 1.807) is 12.1 Å². The summed E-state index contributed by atoms with van der Waals surface area (Å²) in [6.45, 7) is 2.29. The molecule has 0 atom stereocenters. The largest absolute Gasteiger partial charge is 0.573 e. The summed E-state index contributed by atoms with van der Waals surface area (Å²) in [6, 6.07) is 6.41. The Morgan fingerprint density at radius 3 is 1.78 bits per heavy atom. The van der Waals surface area contributed by atoms with Crippen LogP contribution >= 0.6 is 0 Å². The number of ether oxygens (including phenoxy) is 1. The highest BCUT2D eigenvalue weighted by Crippen LogP contribution is 2.43. The monoisotopic (exact) mass is 452 g/mol. The van der Waals surface area contributed by atoms with Crippen LogP contribution in [0.3, 0.4) is 0 Å². The number of rotatable bonds is 11. The first kappa shape index (κ1) is 25.4. The van der Waals surface area contributed by atoms with Gasteiger partial charge >= 0.3 is 6.36 Å². The van der Waals surface area contributed by atoms with Gasteiger partial charge in [0.2, 0.25) is 0 Å². The Morgan fingerprint density at radius 1 is 0.719 bits per heavy atom. The van der Waals surface area contributed by atoms with Crippen LogP contribution in [0.25, 0.3) is 0 Å². The van der Waals surface area contributed by atoms with E-state index in [0.717, 1.165) is 42.1 Å². The summed E-state index contributed by atoms with van der Waals surface area (Å²) >= 11 is 0. The van der Waals surface area contributed by atoms with Gasteiger partial charge in [0.25, 0.3) is 0 Å². The van der Waals surface area contributed by atoms with Gasteiger partial charge in [0, 0.05) is 0 Å². The lowest BCUT2D eigenvalue weighted by Gasteiger charge is -2.38. The topological polar surface area (TPSA) is 9.23 Å².